The number of hydrogen-bond donors (Lipinski definition) is 1. The third kappa shape index (κ3) is 3.96. The molecule has 11 heteroatoms. The summed E-state index contributed by atoms with van der Waals surface area (Å²) in [6, 6.07) is 9.35. The van der Waals surface area contributed by atoms with E-state index in [-0.39, 0.29) is 5.95 Å². The van der Waals surface area contributed by atoms with Crippen LogP contribution in [0.25, 0.3) is 16.9 Å². The van der Waals surface area contributed by atoms with Gasteiger partial charge >= 0.3 is 0 Å². The summed E-state index contributed by atoms with van der Waals surface area (Å²) in [7, 11) is 0. The van der Waals surface area contributed by atoms with Crippen molar-refractivity contribution in [3.05, 3.63) is 77.1 Å². The highest BCUT2D eigenvalue weighted by molar-refractivity contribution is 6.31. The first-order chi connectivity index (χ1) is 16.0. The molecule has 0 bridgehead atoms. The van der Waals surface area contributed by atoms with E-state index in [2.05, 4.69) is 30.6 Å². The number of anilines is 1. The lowest BCUT2D eigenvalue weighted by Gasteiger charge is -2.04. The fraction of sp³-hybridized carbons (Fsp3) is 0.182. The molecule has 5 aromatic rings. The van der Waals surface area contributed by atoms with E-state index in [0.717, 1.165) is 29.1 Å². The van der Waals surface area contributed by atoms with Gasteiger partial charge in [-0.25, -0.2) is 19.2 Å². The molecule has 10 nitrogen and oxygen atoms in total. The molecule has 0 unspecified atom stereocenters. The number of hydrogen-bond acceptors (Lipinski definition) is 6. The van der Waals surface area contributed by atoms with Crippen molar-refractivity contribution in [2.45, 2.75) is 26.9 Å². The van der Waals surface area contributed by atoms with Gasteiger partial charge < -0.3 is 0 Å². The Morgan fingerprint density at radius 1 is 1.12 bits per heavy atom. The lowest BCUT2D eigenvalue weighted by atomic mass is 10.2. The molecule has 1 amide bonds. The number of amides is 1. The summed E-state index contributed by atoms with van der Waals surface area (Å²) in [5.74, 6) is -0.214. The Balaban J connectivity index is 1.39. The summed E-state index contributed by atoms with van der Waals surface area (Å²) in [6.45, 7) is 5.17. The zero-order valence-electron chi connectivity index (χ0n) is 18.0. The SMILES string of the molecule is CCn1cc(-c2ccnc3c(C(=O)Nc4ncn(Cc5ccccc5Cl)n4)cnn23)c(C)n1. The van der Waals surface area contributed by atoms with Crippen LogP contribution in [0.1, 0.15) is 28.5 Å². The molecule has 5 rings (SSSR count). The van der Waals surface area contributed by atoms with Crippen LogP contribution >= 0.6 is 11.6 Å². The van der Waals surface area contributed by atoms with Gasteiger partial charge in [-0.3, -0.25) is 14.8 Å². The van der Waals surface area contributed by atoms with Crippen LogP contribution in [0.3, 0.4) is 0 Å². The lowest BCUT2D eigenvalue weighted by Crippen LogP contribution is -2.14. The molecular weight excluding hydrogens is 442 g/mol. The van der Waals surface area contributed by atoms with Gasteiger partial charge in [0.05, 0.1) is 24.1 Å². The van der Waals surface area contributed by atoms with Crippen LogP contribution in [-0.2, 0) is 13.1 Å². The van der Waals surface area contributed by atoms with E-state index in [1.54, 1.807) is 21.7 Å². The number of nitrogens with zero attached hydrogens (tertiary/aromatic N) is 8. The van der Waals surface area contributed by atoms with Crippen molar-refractivity contribution in [1.82, 2.24) is 39.1 Å². The summed E-state index contributed by atoms with van der Waals surface area (Å²) >= 11 is 6.21. The van der Waals surface area contributed by atoms with Crippen LogP contribution in [0.2, 0.25) is 5.02 Å². The number of fused-ring (bicyclic) bond motifs is 1. The molecule has 0 atom stereocenters. The molecule has 0 spiro atoms. The highest BCUT2D eigenvalue weighted by Gasteiger charge is 2.19. The van der Waals surface area contributed by atoms with Crippen LogP contribution in [-0.4, -0.2) is 45.1 Å². The van der Waals surface area contributed by atoms with Crippen molar-refractivity contribution >= 4 is 29.1 Å². The van der Waals surface area contributed by atoms with Crippen LogP contribution < -0.4 is 5.32 Å². The molecule has 4 aromatic heterocycles. The summed E-state index contributed by atoms with van der Waals surface area (Å²) < 4.78 is 5.11. The van der Waals surface area contributed by atoms with Crippen molar-refractivity contribution in [1.29, 1.82) is 0 Å². The first kappa shape index (κ1) is 20.8. The fourth-order valence-corrected chi connectivity index (χ4v) is 3.78. The van der Waals surface area contributed by atoms with Gasteiger partial charge in [0.15, 0.2) is 5.65 Å². The number of nitrogens with one attached hydrogen (secondary N) is 1. The van der Waals surface area contributed by atoms with E-state index in [0.29, 0.717) is 22.8 Å². The second kappa shape index (κ2) is 8.47. The van der Waals surface area contributed by atoms with Gasteiger partial charge in [-0.2, -0.15) is 10.2 Å². The summed E-state index contributed by atoms with van der Waals surface area (Å²) in [6.07, 6.45) is 6.64. The normalized spacial score (nSPS) is 11.2. The van der Waals surface area contributed by atoms with E-state index in [1.807, 2.05) is 55.1 Å². The Labute approximate surface area is 193 Å². The number of aryl methyl sites for hydroxylation is 2. The second-order valence-corrected chi connectivity index (χ2v) is 7.83. The van der Waals surface area contributed by atoms with Crippen molar-refractivity contribution in [3.8, 4) is 11.3 Å². The average molecular weight is 462 g/mol. The fourth-order valence-electron chi connectivity index (χ4n) is 3.59. The predicted molar refractivity (Wildman–Crippen MR) is 123 cm³/mol. The van der Waals surface area contributed by atoms with Crippen molar-refractivity contribution in [2.24, 2.45) is 0 Å². The minimum atomic E-state index is -0.397. The first-order valence-corrected chi connectivity index (χ1v) is 10.7. The van der Waals surface area contributed by atoms with E-state index in [1.165, 1.54) is 6.20 Å². The van der Waals surface area contributed by atoms with Crippen LogP contribution in [0.15, 0.2) is 55.2 Å². The van der Waals surface area contributed by atoms with Crippen molar-refractivity contribution in [2.75, 3.05) is 5.32 Å². The molecule has 1 aromatic carbocycles. The number of aromatic nitrogens is 8. The first-order valence-electron chi connectivity index (χ1n) is 10.3. The minimum Gasteiger partial charge on any atom is -0.289 e. The number of halogens is 1. The summed E-state index contributed by atoms with van der Waals surface area (Å²) in [5, 5.41) is 16.6. The Hall–Kier alpha value is -4.05. The third-order valence-electron chi connectivity index (χ3n) is 5.24. The molecule has 0 aliphatic rings. The van der Waals surface area contributed by atoms with Crippen LogP contribution in [0.4, 0.5) is 5.95 Å². The second-order valence-electron chi connectivity index (χ2n) is 7.42. The molecule has 0 saturated carbocycles. The van der Waals surface area contributed by atoms with Gasteiger partial charge in [-0.1, -0.05) is 29.8 Å². The van der Waals surface area contributed by atoms with Gasteiger partial charge in [0.1, 0.15) is 11.9 Å². The molecule has 4 heterocycles. The molecule has 0 fully saturated rings. The third-order valence-corrected chi connectivity index (χ3v) is 5.61. The zero-order valence-corrected chi connectivity index (χ0v) is 18.7. The van der Waals surface area contributed by atoms with Crippen LogP contribution in [0, 0.1) is 6.92 Å². The Morgan fingerprint density at radius 2 is 1.97 bits per heavy atom. The number of carbonyl (C=O) groups is 1. The summed E-state index contributed by atoms with van der Waals surface area (Å²) in [5.41, 5.74) is 4.27. The highest BCUT2D eigenvalue weighted by Crippen LogP contribution is 2.24. The van der Waals surface area contributed by atoms with Crippen molar-refractivity contribution < 1.29 is 4.79 Å². The van der Waals surface area contributed by atoms with Gasteiger partial charge in [0.25, 0.3) is 5.91 Å². The molecule has 33 heavy (non-hydrogen) atoms. The average Bonchev–Trinajstić information content (AvgIpc) is 3.53. The van der Waals surface area contributed by atoms with Crippen LogP contribution in [0.5, 0.6) is 0 Å². The number of rotatable bonds is 6. The monoisotopic (exact) mass is 461 g/mol. The lowest BCUT2D eigenvalue weighted by molar-refractivity contribution is 0.102. The van der Waals surface area contributed by atoms with E-state index in [9.17, 15) is 4.79 Å². The van der Waals surface area contributed by atoms with Gasteiger partial charge in [-0.05, 0) is 31.5 Å². The van der Waals surface area contributed by atoms with Gasteiger partial charge in [0.2, 0.25) is 5.95 Å². The molecular formula is C22H20ClN9O. The minimum absolute atomic E-state index is 0.183. The smallest absolute Gasteiger partial charge is 0.263 e. The zero-order chi connectivity index (χ0) is 22.9. The maximum atomic E-state index is 12.9. The maximum Gasteiger partial charge on any atom is 0.263 e. The molecule has 0 saturated heterocycles. The van der Waals surface area contributed by atoms with Gasteiger partial charge in [0, 0.05) is 29.5 Å². The Kier molecular flexibility index (Phi) is 5.35. The largest absolute Gasteiger partial charge is 0.289 e. The maximum absolute atomic E-state index is 12.9. The Morgan fingerprint density at radius 3 is 2.76 bits per heavy atom. The quantitative estimate of drug-likeness (QED) is 0.415. The Bertz CT molecular complexity index is 1470. The predicted octanol–water partition coefficient (Wildman–Crippen LogP) is 3.47. The van der Waals surface area contributed by atoms with Gasteiger partial charge in [-0.15, -0.1) is 5.10 Å². The number of benzene rings is 1. The van der Waals surface area contributed by atoms with E-state index in [4.69, 9.17) is 11.6 Å². The molecule has 1 N–H and O–H groups in total. The molecule has 166 valence electrons. The van der Waals surface area contributed by atoms with Crippen molar-refractivity contribution in [3.63, 3.8) is 0 Å². The summed E-state index contributed by atoms with van der Waals surface area (Å²) in [4.78, 5) is 21.5. The van der Waals surface area contributed by atoms with E-state index >= 15 is 0 Å². The molecule has 0 radical (unpaired) electrons. The topological polar surface area (TPSA) is 108 Å². The van der Waals surface area contributed by atoms with E-state index < -0.39 is 5.91 Å². The number of carbonyl (C=O) groups excluding carboxylic acids is 1. The molecule has 0 aliphatic heterocycles. The highest BCUT2D eigenvalue weighted by atomic mass is 35.5. The molecule has 0 aliphatic carbocycles. The standard InChI is InChI=1S/C22H20ClN9O/c1-3-30-12-17(14(2)28-30)19-8-9-24-20-16(10-26-32(19)20)21(33)27-22-25-13-31(29-22)11-15-6-4-5-7-18(15)23/h4-10,12-13H,3,11H2,1-2H3,(H,27,29,33).